The maximum Gasteiger partial charge on any atom is 0.257 e. The topological polar surface area (TPSA) is 79.5 Å². The molecule has 0 radical (unpaired) electrons. The summed E-state index contributed by atoms with van der Waals surface area (Å²) in [7, 11) is 1.81. The summed E-state index contributed by atoms with van der Waals surface area (Å²) in [6.07, 6.45) is 4.58. The van der Waals surface area contributed by atoms with Crippen LogP contribution in [0.4, 0.5) is 0 Å². The van der Waals surface area contributed by atoms with Crippen LogP contribution in [-0.2, 0) is 11.2 Å². The maximum atomic E-state index is 13.0. The second kappa shape index (κ2) is 11.1. The zero-order chi connectivity index (χ0) is 23.9. The fourth-order valence-corrected chi connectivity index (χ4v) is 4.39. The van der Waals surface area contributed by atoms with E-state index in [1.54, 1.807) is 4.90 Å². The second-order valence-electron chi connectivity index (χ2n) is 8.83. The highest BCUT2D eigenvalue weighted by molar-refractivity contribution is 5.94. The summed E-state index contributed by atoms with van der Waals surface area (Å²) in [4.78, 5) is 33.8. The van der Waals surface area contributed by atoms with Crippen molar-refractivity contribution in [3.63, 3.8) is 0 Å². The average molecular weight is 461 g/mol. The van der Waals surface area contributed by atoms with Crippen molar-refractivity contribution in [1.29, 1.82) is 0 Å². The molecular weight excluding hydrogens is 428 g/mol. The van der Waals surface area contributed by atoms with Crippen LogP contribution in [0.3, 0.4) is 0 Å². The lowest BCUT2D eigenvalue weighted by molar-refractivity contribution is -0.131. The molecule has 7 nitrogen and oxygen atoms in total. The Kier molecular flexibility index (Phi) is 7.72. The number of rotatable bonds is 8. The third-order valence-corrected chi connectivity index (χ3v) is 6.45. The summed E-state index contributed by atoms with van der Waals surface area (Å²) in [6.45, 7) is 4.19. The molecule has 34 heavy (non-hydrogen) atoms. The van der Waals surface area contributed by atoms with Crippen LogP contribution in [0.15, 0.2) is 59.1 Å². The molecular formula is C27H32N4O3. The molecule has 1 atom stereocenters. The lowest BCUT2D eigenvalue weighted by Crippen LogP contribution is -2.35. The lowest BCUT2D eigenvalue weighted by Gasteiger charge is -2.26. The molecule has 0 unspecified atom stereocenters. The van der Waals surface area contributed by atoms with Crippen LogP contribution >= 0.6 is 0 Å². The highest BCUT2D eigenvalue weighted by Crippen LogP contribution is 2.22. The van der Waals surface area contributed by atoms with E-state index in [-0.39, 0.29) is 17.7 Å². The Labute approximate surface area is 200 Å². The molecule has 2 heterocycles. The summed E-state index contributed by atoms with van der Waals surface area (Å²) in [5.74, 6) is 0.975. The zero-order valence-electron chi connectivity index (χ0n) is 19.9. The van der Waals surface area contributed by atoms with E-state index >= 15 is 0 Å². The van der Waals surface area contributed by atoms with E-state index in [0.717, 1.165) is 43.5 Å². The summed E-state index contributed by atoms with van der Waals surface area (Å²) >= 11 is 0. The normalized spacial score (nSPS) is 14.6. The Bertz CT molecular complexity index is 1090. The van der Waals surface area contributed by atoms with Gasteiger partial charge in [-0.25, -0.2) is 0 Å². The Morgan fingerprint density at radius 3 is 2.41 bits per heavy atom. The van der Waals surface area contributed by atoms with Crippen molar-refractivity contribution in [2.24, 2.45) is 0 Å². The molecule has 7 heteroatoms. The minimum atomic E-state index is -0.154. The van der Waals surface area contributed by atoms with E-state index in [4.69, 9.17) is 4.52 Å². The number of hydrogen-bond donors (Lipinski definition) is 0. The number of benzene rings is 2. The van der Waals surface area contributed by atoms with E-state index in [0.29, 0.717) is 30.2 Å². The van der Waals surface area contributed by atoms with Crippen LogP contribution < -0.4 is 0 Å². The third-order valence-electron chi connectivity index (χ3n) is 6.45. The molecule has 0 bridgehead atoms. The first kappa shape index (κ1) is 23.7. The van der Waals surface area contributed by atoms with Gasteiger partial charge in [0.25, 0.3) is 11.8 Å². The minimum Gasteiger partial charge on any atom is -0.345 e. The molecule has 0 N–H and O–H groups in total. The van der Waals surface area contributed by atoms with E-state index < -0.39 is 0 Å². The van der Waals surface area contributed by atoms with Gasteiger partial charge in [-0.05, 0) is 55.5 Å². The smallest absolute Gasteiger partial charge is 0.257 e. The van der Waals surface area contributed by atoms with Crippen molar-refractivity contribution in [3.05, 3.63) is 71.5 Å². The van der Waals surface area contributed by atoms with Crippen LogP contribution in [-0.4, -0.2) is 58.4 Å². The standard InChI is InChI=1S/C27H32N4O3/c1-3-23(20-10-6-4-7-11-20)27(33)30(2)19-16-24-28-25(34-29-24)21-12-14-22(15-13-21)26(32)31-17-8-5-9-18-31/h4,6-7,10-15,23H,3,5,8-9,16-19H2,1-2H3/t23-/m1/s1. The first-order valence-electron chi connectivity index (χ1n) is 12.1. The molecule has 0 saturated carbocycles. The van der Waals surface area contributed by atoms with Gasteiger partial charge in [0.05, 0.1) is 5.92 Å². The van der Waals surface area contributed by atoms with Crippen LogP contribution in [0.5, 0.6) is 0 Å². The number of aromatic nitrogens is 2. The summed E-state index contributed by atoms with van der Waals surface area (Å²) in [5.41, 5.74) is 2.48. The van der Waals surface area contributed by atoms with Gasteiger partial charge in [-0.1, -0.05) is 42.4 Å². The van der Waals surface area contributed by atoms with Crippen molar-refractivity contribution in [2.75, 3.05) is 26.7 Å². The second-order valence-corrected chi connectivity index (χ2v) is 8.83. The van der Waals surface area contributed by atoms with Crippen LogP contribution in [0.25, 0.3) is 11.5 Å². The van der Waals surface area contributed by atoms with Crippen molar-refractivity contribution < 1.29 is 14.1 Å². The maximum absolute atomic E-state index is 13.0. The summed E-state index contributed by atoms with van der Waals surface area (Å²) in [6, 6.07) is 17.2. The highest BCUT2D eigenvalue weighted by atomic mass is 16.5. The zero-order valence-corrected chi connectivity index (χ0v) is 19.9. The van der Waals surface area contributed by atoms with Gasteiger partial charge in [0, 0.05) is 44.2 Å². The number of hydrogen-bond acceptors (Lipinski definition) is 5. The van der Waals surface area contributed by atoms with E-state index in [1.165, 1.54) is 6.42 Å². The predicted molar refractivity (Wildman–Crippen MR) is 130 cm³/mol. The van der Waals surface area contributed by atoms with Crippen molar-refractivity contribution in [3.8, 4) is 11.5 Å². The molecule has 3 aromatic rings. The van der Waals surface area contributed by atoms with Gasteiger partial charge in [-0.3, -0.25) is 9.59 Å². The van der Waals surface area contributed by atoms with Crippen LogP contribution in [0.2, 0.25) is 0 Å². The predicted octanol–water partition coefficient (Wildman–Crippen LogP) is 4.56. The number of likely N-dealkylation sites (N-methyl/N-ethyl adjacent to an activating group) is 1. The van der Waals surface area contributed by atoms with Gasteiger partial charge in [0.15, 0.2) is 5.82 Å². The lowest BCUT2D eigenvalue weighted by atomic mass is 9.95. The Morgan fingerprint density at radius 2 is 1.74 bits per heavy atom. The molecule has 1 aliphatic heterocycles. The number of nitrogens with zero attached hydrogens (tertiary/aromatic N) is 4. The Hall–Kier alpha value is -3.48. The largest absolute Gasteiger partial charge is 0.345 e. The molecule has 2 amide bonds. The first-order valence-corrected chi connectivity index (χ1v) is 12.1. The average Bonchev–Trinajstić information content (AvgIpc) is 3.37. The van der Waals surface area contributed by atoms with E-state index in [2.05, 4.69) is 10.1 Å². The molecule has 1 aromatic heterocycles. The fraction of sp³-hybridized carbons (Fsp3) is 0.407. The van der Waals surface area contributed by atoms with Gasteiger partial charge in [-0.15, -0.1) is 0 Å². The van der Waals surface area contributed by atoms with Crippen molar-refractivity contribution in [1.82, 2.24) is 19.9 Å². The number of likely N-dealkylation sites (tertiary alicyclic amines) is 1. The SMILES string of the molecule is CC[C@@H](C(=O)N(C)CCc1noc(-c2ccc(C(=O)N3CCCCC3)cc2)n1)c1ccccc1. The molecule has 2 aromatic carbocycles. The van der Waals surface area contributed by atoms with Gasteiger partial charge in [0.2, 0.25) is 5.91 Å². The molecule has 178 valence electrons. The van der Waals surface area contributed by atoms with E-state index in [1.807, 2.05) is 73.5 Å². The van der Waals surface area contributed by atoms with Crippen molar-refractivity contribution >= 4 is 11.8 Å². The molecule has 1 fully saturated rings. The minimum absolute atomic E-state index is 0.0751. The number of piperidine rings is 1. The summed E-state index contributed by atoms with van der Waals surface area (Å²) < 4.78 is 5.44. The number of carbonyl (C=O) groups is 2. The quantitative estimate of drug-likeness (QED) is 0.492. The van der Waals surface area contributed by atoms with Gasteiger partial charge in [-0.2, -0.15) is 4.98 Å². The third kappa shape index (κ3) is 5.53. The van der Waals surface area contributed by atoms with Crippen LogP contribution in [0, 0.1) is 0 Å². The number of amides is 2. The number of carbonyl (C=O) groups excluding carboxylic acids is 2. The van der Waals surface area contributed by atoms with Gasteiger partial charge in [0.1, 0.15) is 0 Å². The van der Waals surface area contributed by atoms with Crippen molar-refractivity contribution in [2.45, 2.75) is 44.9 Å². The molecule has 1 aliphatic rings. The fourth-order valence-electron chi connectivity index (χ4n) is 4.39. The van der Waals surface area contributed by atoms with Gasteiger partial charge >= 0.3 is 0 Å². The first-order chi connectivity index (χ1) is 16.6. The van der Waals surface area contributed by atoms with Crippen LogP contribution in [0.1, 0.15) is 60.3 Å². The summed E-state index contributed by atoms with van der Waals surface area (Å²) in [5, 5.41) is 4.08. The molecule has 0 aliphatic carbocycles. The highest BCUT2D eigenvalue weighted by Gasteiger charge is 2.23. The van der Waals surface area contributed by atoms with Gasteiger partial charge < -0.3 is 14.3 Å². The molecule has 1 saturated heterocycles. The van der Waals surface area contributed by atoms with E-state index in [9.17, 15) is 9.59 Å². The Morgan fingerprint density at radius 1 is 1.03 bits per heavy atom. The monoisotopic (exact) mass is 460 g/mol. The Balaban J connectivity index is 1.34. The molecule has 0 spiro atoms. The molecule has 4 rings (SSSR count).